The number of hydrogen-bond acceptors (Lipinski definition) is 5. The van der Waals surface area contributed by atoms with Crippen LogP contribution < -0.4 is 5.73 Å². The molecule has 7 nitrogen and oxygen atoms in total. The summed E-state index contributed by atoms with van der Waals surface area (Å²) in [6, 6.07) is 9.59. The molecule has 0 radical (unpaired) electrons. The molecule has 2 heterocycles. The number of aromatic nitrogens is 2. The van der Waals surface area contributed by atoms with Crippen LogP contribution in [0.25, 0.3) is 0 Å². The molecule has 2 aromatic rings. The lowest BCUT2D eigenvalue weighted by molar-refractivity contribution is 0.183. The highest BCUT2D eigenvalue weighted by atomic mass is 35.5. The second kappa shape index (κ2) is 8.29. The minimum atomic E-state index is -3.59. The molecule has 1 aliphatic rings. The zero-order valence-corrected chi connectivity index (χ0v) is 15.6. The van der Waals surface area contributed by atoms with Gasteiger partial charge in [-0.2, -0.15) is 9.40 Å². The molecule has 9 heteroatoms. The van der Waals surface area contributed by atoms with Crippen LogP contribution in [0.5, 0.6) is 0 Å². The quantitative estimate of drug-likeness (QED) is 0.801. The van der Waals surface area contributed by atoms with E-state index in [2.05, 4.69) is 5.10 Å². The van der Waals surface area contributed by atoms with Crippen LogP contribution in [0.2, 0.25) is 0 Å². The monoisotopic (exact) mass is 386 g/mol. The average Bonchev–Trinajstić information content (AvgIpc) is 3.21. The zero-order valence-electron chi connectivity index (χ0n) is 14.0. The molecule has 1 aliphatic heterocycles. The summed E-state index contributed by atoms with van der Waals surface area (Å²) in [5.41, 5.74) is 7.27. The van der Waals surface area contributed by atoms with E-state index in [1.165, 1.54) is 16.7 Å². The lowest BCUT2D eigenvalue weighted by atomic mass is 9.95. The van der Waals surface area contributed by atoms with Crippen molar-refractivity contribution in [3.05, 3.63) is 48.3 Å². The van der Waals surface area contributed by atoms with Gasteiger partial charge in [0.05, 0.1) is 19.3 Å². The van der Waals surface area contributed by atoms with E-state index < -0.39 is 10.0 Å². The van der Waals surface area contributed by atoms with Crippen molar-refractivity contribution < 1.29 is 13.2 Å². The topological polar surface area (TPSA) is 90.5 Å². The number of halogens is 1. The maximum atomic E-state index is 12.8. The zero-order chi connectivity index (χ0) is 17.2. The van der Waals surface area contributed by atoms with E-state index >= 15 is 0 Å². The predicted molar refractivity (Wildman–Crippen MR) is 97.3 cm³/mol. The maximum Gasteiger partial charge on any atom is 0.246 e. The second-order valence-electron chi connectivity index (χ2n) is 5.93. The largest absolute Gasteiger partial charge is 0.383 e. The molecule has 0 bridgehead atoms. The van der Waals surface area contributed by atoms with Crippen molar-refractivity contribution in [1.82, 2.24) is 14.1 Å². The molecule has 138 valence electrons. The van der Waals surface area contributed by atoms with Gasteiger partial charge in [0.1, 0.15) is 4.90 Å². The van der Waals surface area contributed by atoms with Crippen molar-refractivity contribution in [1.29, 1.82) is 0 Å². The number of methoxy groups -OCH3 is 1. The summed E-state index contributed by atoms with van der Waals surface area (Å²) in [4.78, 5) is 0.194. The molecular weight excluding hydrogens is 364 g/mol. The van der Waals surface area contributed by atoms with E-state index in [1.54, 1.807) is 11.8 Å². The van der Waals surface area contributed by atoms with Crippen molar-refractivity contribution in [2.45, 2.75) is 23.4 Å². The Bertz CT molecular complexity index is 782. The Morgan fingerprint density at radius 3 is 2.68 bits per heavy atom. The van der Waals surface area contributed by atoms with E-state index in [1.807, 2.05) is 30.3 Å². The highest BCUT2D eigenvalue weighted by Gasteiger charge is 2.38. The normalized spacial score (nSPS) is 21.2. The Hall–Kier alpha value is -1.45. The first-order valence-electron chi connectivity index (χ1n) is 7.84. The van der Waals surface area contributed by atoms with Crippen LogP contribution in [0.1, 0.15) is 11.5 Å². The minimum Gasteiger partial charge on any atom is -0.383 e. The summed E-state index contributed by atoms with van der Waals surface area (Å²) in [6.07, 6.45) is 2.92. The van der Waals surface area contributed by atoms with Gasteiger partial charge in [-0.15, -0.1) is 12.4 Å². The number of sulfonamides is 1. The van der Waals surface area contributed by atoms with Crippen molar-refractivity contribution in [2.75, 3.05) is 26.8 Å². The van der Waals surface area contributed by atoms with Gasteiger partial charge < -0.3 is 10.5 Å². The molecular formula is C16H23ClN4O3S. The summed E-state index contributed by atoms with van der Waals surface area (Å²) in [5, 5.41) is 4.09. The van der Waals surface area contributed by atoms with E-state index in [0.717, 1.165) is 5.56 Å². The molecule has 1 fully saturated rings. The minimum absolute atomic E-state index is 0. The summed E-state index contributed by atoms with van der Waals surface area (Å²) in [7, 11) is -1.99. The van der Waals surface area contributed by atoms with Gasteiger partial charge in [-0.1, -0.05) is 30.3 Å². The van der Waals surface area contributed by atoms with Crippen LogP contribution >= 0.6 is 12.4 Å². The smallest absolute Gasteiger partial charge is 0.246 e. The number of nitrogens with zero attached hydrogens (tertiary/aromatic N) is 3. The Balaban J connectivity index is 0.00000225. The average molecular weight is 387 g/mol. The fraction of sp³-hybridized carbons (Fsp3) is 0.438. The molecule has 0 amide bonds. The van der Waals surface area contributed by atoms with Crippen molar-refractivity contribution in [2.24, 2.45) is 5.73 Å². The molecule has 3 rings (SSSR count). The number of benzene rings is 1. The number of rotatable bonds is 6. The molecule has 0 unspecified atom stereocenters. The van der Waals surface area contributed by atoms with Gasteiger partial charge in [0.2, 0.25) is 10.0 Å². The molecule has 25 heavy (non-hydrogen) atoms. The van der Waals surface area contributed by atoms with Gasteiger partial charge in [0.15, 0.2) is 0 Å². The summed E-state index contributed by atoms with van der Waals surface area (Å²) >= 11 is 0. The third kappa shape index (κ3) is 4.21. The van der Waals surface area contributed by atoms with Gasteiger partial charge in [-0.05, 0) is 5.56 Å². The van der Waals surface area contributed by atoms with Gasteiger partial charge in [-0.25, -0.2) is 8.42 Å². The third-order valence-corrected chi connectivity index (χ3v) is 6.12. The van der Waals surface area contributed by atoms with E-state index in [4.69, 9.17) is 10.5 Å². The standard InChI is InChI=1S/C16H22N4O3S.ClH/c1-23-8-7-19-10-14(9-18-19)24(21,22)20-11-15(16(17)12-20)13-5-3-2-4-6-13;/h2-6,9-10,15-16H,7-8,11-12,17H2,1H3;1H/t15-,16+;/m0./s1. The third-order valence-electron chi connectivity index (χ3n) is 4.33. The maximum absolute atomic E-state index is 12.8. The summed E-state index contributed by atoms with van der Waals surface area (Å²) in [6.45, 7) is 1.69. The van der Waals surface area contributed by atoms with E-state index in [-0.39, 0.29) is 29.3 Å². The highest BCUT2D eigenvalue weighted by Crippen LogP contribution is 2.30. The fourth-order valence-electron chi connectivity index (χ4n) is 2.97. The number of nitrogens with two attached hydrogens (primary N) is 1. The number of ether oxygens (including phenoxy) is 1. The first-order chi connectivity index (χ1) is 11.5. The summed E-state index contributed by atoms with van der Waals surface area (Å²) in [5.74, 6) is 0.00418. The predicted octanol–water partition coefficient (Wildman–Crippen LogP) is 1.07. The van der Waals surface area contributed by atoms with Gasteiger partial charge in [0.25, 0.3) is 0 Å². The van der Waals surface area contributed by atoms with Gasteiger partial charge >= 0.3 is 0 Å². The fourth-order valence-corrected chi connectivity index (χ4v) is 4.43. The van der Waals surface area contributed by atoms with Crippen LogP contribution in [0, 0.1) is 0 Å². The van der Waals surface area contributed by atoms with Crippen LogP contribution in [-0.2, 0) is 21.3 Å². The molecule has 1 aromatic heterocycles. The van der Waals surface area contributed by atoms with Crippen molar-refractivity contribution in [3.8, 4) is 0 Å². The van der Waals surface area contributed by atoms with Crippen LogP contribution in [0.3, 0.4) is 0 Å². The van der Waals surface area contributed by atoms with Crippen molar-refractivity contribution >= 4 is 22.4 Å². The first kappa shape index (κ1) is 19.9. The van der Waals surface area contributed by atoms with E-state index in [0.29, 0.717) is 26.2 Å². The molecule has 2 atom stereocenters. The van der Waals surface area contributed by atoms with Gasteiger partial charge in [0, 0.05) is 38.4 Å². The Kier molecular flexibility index (Phi) is 6.59. The first-order valence-corrected chi connectivity index (χ1v) is 9.28. The molecule has 0 saturated carbocycles. The molecule has 1 saturated heterocycles. The van der Waals surface area contributed by atoms with Crippen molar-refractivity contribution in [3.63, 3.8) is 0 Å². The van der Waals surface area contributed by atoms with Crippen LogP contribution in [-0.4, -0.2) is 55.4 Å². The van der Waals surface area contributed by atoms with Gasteiger partial charge in [-0.3, -0.25) is 4.68 Å². The lowest BCUT2D eigenvalue weighted by Gasteiger charge is -2.15. The molecule has 0 spiro atoms. The highest BCUT2D eigenvalue weighted by molar-refractivity contribution is 7.89. The number of hydrogen-bond donors (Lipinski definition) is 1. The lowest BCUT2D eigenvalue weighted by Crippen LogP contribution is -2.32. The van der Waals surface area contributed by atoms with Crippen LogP contribution in [0.4, 0.5) is 0 Å². The summed E-state index contributed by atoms with van der Waals surface area (Å²) < 4.78 is 33.7. The Morgan fingerprint density at radius 1 is 1.28 bits per heavy atom. The second-order valence-corrected chi connectivity index (χ2v) is 7.87. The van der Waals surface area contributed by atoms with E-state index in [9.17, 15) is 8.42 Å². The molecule has 0 aliphatic carbocycles. The molecule has 2 N–H and O–H groups in total. The van der Waals surface area contributed by atoms with Crippen LogP contribution in [0.15, 0.2) is 47.6 Å². The molecule has 1 aromatic carbocycles. The Labute approximate surface area is 154 Å². The Morgan fingerprint density at radius 2 is 2.00 bits per heavy atom. The SMILES string of the molecule is COCCn1cc(S(=O)(=O)N2C[C@@H](N)[C@H](c3ccccc3)C2)cn1.Cl.